The van der Waals surface area contributed by atoms with Crippen LogP contribution in [-0.4, -0.2) is 31.2 Å². The molecule has 1 heterocycles. The van der Waals surface area contributed by atoms with Gasteiger partial charge in [0.2, 0.25) is 5.90 Å². The molecule has 3 rings (SSSR count). The van der Waals surface area contributed by atoms with E-state index in [9.17, 15) is 9.18 Å². The molecule has 0 aliphatic carbocycles. The van der Waals surface area contributed by atoms with Crippen LogP contribution in [0.5, 0.6) is 5.75 Å². The normalized spacial score (nSPS) is 20.1. The van der Waals surface area contributed by atoms with Crippen LogP contribution in [0.15, 0.2) is 59.6 Å². The number of aliphatic imine (C=N–C) groups is 1. The highest BCUT2D eigenvalue weighted by Gasteiger charge is 2.46. The molecule has 0 aromatic heterocycles. The van der Waals surface area contributed by atoms with Crippen LogP contribution in [0.3, 0.4) is 0 Å². The second-order valence-electron chi connectivity index (χ2n) is 5.36. The average Bonchev–Trinajstić information content (AvgIpc) is 2.93. The Morgan fingerprint density at radius 2 is 1.83 bits per heavy atom. The predicted molar refractivity (Wildman–Crippen MR) is 84.5 cm³/mol. The second-order valence-corrected chi connectivity index (χ2v) is 5.36. The van der Waals surface area contributed by atoms with E-state index in [0.717, 1.165) is 5.56 Å². The standard InChI is InChI=1S/C18H16FNO3/c1-22-15-9-7-13(8-10-15)11-18(12-19)17(21)23-16(20-18)14-5-3-2-4-6-14/h2-10H,11-12H2,1H3. The number of esters is 1. The third-order valence-corrected chi connectivity index (χ3v) is 3.78. The molecule has 0 saturated heterocycles. The van der Waals surface area contributed by atoms with Crippen LogP contribution in [0, 0.1) is 0 Å². The lowest BCUT2D eigenvalue weighted by atomic mass is 9.93. The van der Waals surface area contributed by atoms with Crippen molar-refractivity contribution in [1.82, 2.24) is 0 Å². The van der Waals surface area contributed by atoms with Gasteiger partial charge < -0.3 is 9.47 Å². The number of hydrogen-bond acceptors (Lipinski definition) is 4. The molecule has 0 radical (unpaired) electrons. The van der Waals surface area contributed by atoms with Gasteiger partial charge in [-0.3, -0.25) is 0 Å². The Hall–Kier alpha value is -2.69. The number of ether oxygens (including phenoxy) is 2. The lowest BCUT2D eigenvalue weighted by Crippen LogP contribution is -2.38. The number of rotatable bonds is 5. The molecular weight excluding hydrogens is 297 g/mol. The van der Waals surface area contributed by atoms with Gasteiger partial charge in [0, 0.05) is 12.0 Å². The van der Waals surface area contributed by atoms with E-state index in [1.54, 1.807) is 43.5 Å². The number of halogens is 1. The Bertz CT molecular complexity index is 728. The molecule has 0 saturated carbocycles. The van der Waals surface area contributed by atoms with E-state index in [1.807, 2.05) is 18.2 Å². The topological polar surface area (TPSA) is 47.9 Å². The van der Waals surface area contributed by atoms with E-state index < -0.39 is 18.2 Å². The highest BCUT2D eigenvalue weighted by molar-refractivity contribution is 6.08. The summed E-state index contributed by atoms with van der Waals surface area (Å²) in [5, 5.41) is 0. The van der Waals surface area contributed by atoms with E-state index in [1.165, 1.54) is 0 Å². The molecule has 1 aliphatic heterocycles. The van der Waals surface area contributed by atoms with Gasteiger partial charge in [-0.1, -0.05) is 30.3 Å². The van der Waals surface area contributed by atoms with Gasteiger partial charge in [0.25, 0.3) is 0 Å². The zero-order chi connectivity index (χ0) is 16.3. The van der Waals surface area contributed by atoms with Crippen molar-refractivity contribution in [1.29, 1.82) is 0 Å². The summed E-state index contributed by atoms with van der Waals surface area (Å²) in [5.74, 6) is 0.210. The van der Waals surface area contributed by atoms with E-state index in [4.69, 9.17) is 9.47 Å². The Balaban J connectivity index is 1.90. The number of carbonyl (C=O) groups is 1. The lowest BCUT2D eigenvalue weighted by Gasteiger charge is -2.18. The molecule has 4 nitrogen and oxygen atoms in total. The van der Waals surface area contributed by atoms with Gasteiger partial charge in [-0.15, -0.1) is 0 Å². The molecule has 0 amide bonds. The van der Waals surface area contributed by atoms with Gasteiger partial charge >= 0.3 is 5.97 Å². The molecule has 1 unspecified atom stereocenters. The highest BCUT2D eigenvalue weighted by atomic mass is 19.1. The van der Waals surface area contributed by atoms with Gasteiger partial charge in [0.1, 0.15) is 12.4 Å². The number of nitrogens with zero attached hydrogens (tertiary/aromatic N) is 1. The van der Waals surface area contributed by atoms with Crippen molar-refractivity contribution in [3.8, 4) is 5.75 Å². The summed E-state index contributed by atoms with van der Waals surface area (Å²) in [7, 11) is 1.57. The molecule has 0 spiro atoms. The average molecular weight is 313 g/mol. The van der Waals surface area contributed by atoms with Gasteiger partial charge in [-0.05, 0) is 29.8 Å². The minimum Gasteiger partial charge on any atom is -0.497 e. The number of carbonyl (C=O) groups excluding carboxylic acids is 1. The minimum absolute atomic E-state index is 0.142. The number of cyclic esters (lactones) is 1. The molecule has 23 heavy (non-hydrogen) atoms. The molecule has 1 aliphatic rings. The van der Waals surface area contributed by atoms with E-state index >= 15 is 0 Å². The molecule has 1 atom stereocenters. The zero-order valence-electron chi connectivity index (χ0n) is 12.7. The molecule has 0 fully saturated rings. The maximum absolute atomic E-state index is 13.7. The Morgan fingerprint density at radius 1 is 1.13 bits per heavy atom. The quantitative estimate of drug-likeness (QED) is 0.797. The van der Waals surface area contributed by atoms with Gasteiger partial charge in [-0.2, -0.15) is 0 Å². The smallest absolute Gasteiger partial charge is 0.344 e. The first kappa shape index (κ1) is 15.2. The van der Waals surface area contributed by atoms with Crippen LogP contribution in [0.1, 0.15) is 11.1 Å². The summed E-state index contributed by atoms with van der Waals surface area (Å²) in [6.45, 7) is -0.909. The summed E-state index contributed by atoms with van der Waals surface area (Å²) < 4.78 is 24.0. The number of alkyl halides is 1. The third-order valence-electron chi connectivity index (χ3n) is 3.78. The van der Waals surface area contributed by atoms with Crippen molar-refractivity contribution in [2.24, 2.45) is 4.99 Å². The van der Waals surface area contributed by atoms with Crippen molar-refractivity contribution in [2.75, 3.05) is 13.8 Å². The molecule has 5 heteroatoms. The molecule has 2 aromatic carbocycles. The van der Waals surface area contributed by atoms with Crippen molar-refractivity contribution >= 4 is 11.9 Å². The van der Waals surface area contributed by atoms with E-state index in [-0.39, 0.29) is 12.3 Å². The fourth-order valence-electron chi connectivity index (χ4n) is 2.47. The van der Waals surface area contributed by atoms with Crippen LogP contribution in [-0.2, 0) is 16.0 Å². The molecule has 0 N–H and O–H groups in total. The van der Waals surface area contributed by atoms with E-state index in [2.05, 4.69) is 4.99 Å². The first-order valence-corrected chi connectivity index (χ1v) is 7.23. The summed E-state index contributed by atoms with van der Waals surface area (Å²) in [6, 6.07) is 16.1. The van der Waals surface area contributed by atoms with Crippen molar-refractivity contribution in [2.45, 2.75) is 12.0 Å². The van der Waals surface area contributed by atoms with E-state index in [0.29, 0.717) is 11.3 Å². The first-order valence-electron chi connectivity index (χ1n) is 7.23. The largest absolute Gasteiger partial charge is 0.497 e. The SMILES string of the molecule is COc1ccc(CC2(CF)N=C(c3ccccc3)OC2=O)cc1. The highest BCUT2D eigenvalue weighted by Crippen LogP contribution is 2.28. The predicted octanol–water partition coefficient (Wildman–Crippen LogP) is 2.95. The third kappa shape index (κ3) is 2.95. The molecule has 118 valence electrons. The number of methoxy groups -OCH3 is 1. The van der Waals surface area contributed by atoms with Gasteiger partial charge in [-0.25, -0.2) is 14.2 Å². The van der Waals surface area contributed by atoms with Crippen molar-refractivity contribution in [3.63, 3.8) is 0 Å². The Kier molecular flexibility index (Phi) is 4.10. The van der Waals surface area contributed by atoms with Crippen LogP contribution in [0.4, 0.5) is 4.39 Å². The Labute approximate surface area is 133 Å². The van der Waals surface area contributed by atoms with Crippen LogP contribution in [0.25, 0.3) is 0 Å². The van der Waals surface area contributed by atoms with Crippen LogP contribution < -0.4 is 4.74 Å². The van der Waals surface area contributed by atoms with Gasteiger partial charge in [0.15, 0.2) is 5.54 Å². The Morgan fingerprint density at radius 3 is 2.43 bits per heavy atom. The summed E-state index contributed by atoms with van der Waals surface area (Å²) >= 11 is 0. The number of benzene rings is 2. The molecule has 2 aromatic rings. The summed E-state index contributed by atoms with van der Waals surface area (Å²) in [4.78, 5) is 16.5. The maximum atomic E-state index is 13.7. The zero-order valence-corrected chi connectivity index (χ0v) is 12.7. The fraction of sp³-hybridized carbons (Fsp3) is 0.222. The maximum Gasteiger partial charge on any atom is 0.344 e. The lowest BCUT2D eigenvalue weighted by molar-refractivity contribution is -0.139. The fourth-order valence-corrected chi connectivity index (χ4v) is 2.47. The van der Waals surface area contributed by atoms with Crippen LogP contribution >= 0.6 is 0 Å². The minimum atomic E-state index is -1.51. The monoisotopic (exact) mass is 313 g/mol. The summed E-state index contributed by atoms with van der Waals surface area (Å²) in [5.41, 5.74) is -0.0656. The number of hydrogen-bond donors (Lipinski definition) is 0. The van der Waals surface area contributed by atoms with Crippen LogP contribution in [0.2, 0.25) is 0 Å². The van der Waals surface area contributed by atoms with Crippen molar-refractivity contribution in [3.05, 3.63) is 65.7 Å². The summed E-state index contributed by atoms with van der Waals surface area (Å²) in [6.07, 6.45) is 0.142. The second kappa shape index (κ2) is 6.20. The first-order chi connectivity index (χ1) is 11.2. The molecular formula is C18H16FNO3. The van der Waals surface area contributed by atoms with Crippen molar-refractivity contribution < 1.29 is 18.7 Å². The van der Waals surface area contributed by atoms with Gasteiger partial charge in [0.05, 0.1) is 7.11 Å². The molecule has 0 bridgehead atoms.